The van der Waals surface area contributed by atoms with E-state index in [0.717, 1.165) is 76.7 Å². The zero-order chi connectivity index (χ0) is 31.4. The molecule has 5 heterocycles. The maximum absolute atomic E-state index is 6.54. The zero-order valence-electron chi connectivity index (χ0n) is 26.4. The summed E-state index contributed by atoms with van der Waals surface area (Å²) < 4.78 is 11.0. The van der Waals surface area contributed by atoms with Crippen molar-refractivity contribution in [3.63, 3.8) is 0 Å². The maximum Gasteiger partial charge on any atom is 2.00 e. The minimum Gasteiger partial charge on any atom is -0.497 e. The maximum atomic E-state index is 6.54. The number of hydrogen-bond acceptors (Lipinski definition) is 4. The van der Waals surface area contributed by atoms with Crippen molar-refractivity contribution < 1.29 is 25.2 Å². The smallest absolute Gasteiger partial charge is 0.497 e. The molecule has 0 saturated heterocycles. The van der Waals surface area contributed by atoms with Crippen molar-refractivity contribution in [2.75, 3.05) is 0 Å². The summed E-state index contributed by atoms with van der Waals surface area (Å²) in [5.74, 6) is 1.19. The van der Waals surface area contributed by atoms with Gasteiger partial charge in [-0.15, -0.1) is 12.1 Å². The van der Waals surface area contributed by atoms with Crippen molar-refractivity contribution in [3.05, 3.63) is 127 Å². The number of fused-ring (bicyclic) bond motifs is 16. The number of hydrogen-bond donors (Lipinski definition) is 0. The predicted octanol–water partition coefficient (Wildman–Crippen LogP) is 9.98. The number of pyridine rings is 3. The molecule has 5 aromatic carbocycles. The van der Waals surface area contributed by atoms with Gasteiger partial charge in [-0.2, -0.15) is 0 Å². The fourth-order valence-corrected chi connectivity index (χ4v) is 7.07. The average molecular weight is 712 g/mol. The van der Waals surface area contributed by atoms with E-state index in [1.54, 1.807) is 0 Å². The van der Waals surface area contributed by atoms with Gasteiger partial charge in [0.2, 0.25) is 0 Å². The third-order valence-electron chi connectivity index (χ3n) is 9.35. The van der Waals surface area contributed by atoms with Crippen molar-refractivity contribution in [1.82, 2.24) is 23.8 Å². The second-order valence-corrected chi connectivity index (χ2v) is 13.2. The van der Waals surface area contributed by atoms with Gasteiger partial charge in [-0.25, -0.2) is 0 Å². The Morgan fingerprint density at radius 1 is 0.583 bits per heavy atom. The van der Waals surface area contributed by atoms with E-state index in [1.807, 2.05) is 54.9 Å². The van der Waals surface area contributed by atoms with Crippen LogP contribution in [0.5, 0.6) is 11.5 Å². The van der Waals surface area contributed by atoms with Crippen LogP contribution in [-0.4, -0.2) is 23.8 Å². The Labute approximate surface area is 289 Å². The van der Waals surface area contributed by atoms with Crippen LogP contribution in [-0.2, 0) is 25.8 Å². The first kappa shape index (κ1) is 28.8. The van der Waals surface area contributed by atoms with Gasteiger partial charge in [0.05, 0.1) is 33.4 Å². The van der Waals surface area contributed by atoms with Crippen molar-refractivity contribution in [1.29, 1.82) is 0 Å². The number of aromatic nitrogens is 5. The molecule has 0 N–H and O–H groups in total. The summed E-state index contributed by atoms with van der Waals surface area (Å²) in [6.07, 6.45) is 3.73. The molecule has 7 heteroatoms. The molecule has 0 spiro atoms. The molecule has 0 unspecified atom stereocenters. The van der Waals surface area contributed by atoms with Gasteiger partial charge in [-0.3, -0.25) is 15.0 Å². The third-order valence-corrected chi connectivity index (χ3v) is 9.35. The first-order chi connectivity index (χ1) is 22.9. The molecule has 0 aliphatic rings. The molecule has 0 aliphatic carbocycles. The van der Waals surface area contributed by atoms with E-state index in [9.17, 15) is 0 Å². The molecule has 0 aliphatic heterocycles. The topological polar surface area (TPSA) is 56.7 Å². The van der Waals surface area contributed by atoms with E-state index >= 15 is 0 Å². The Morgan fingerprint density at radius 2 is 1.15 bits per heavy atom. The van der Waals surface area contributed by atoms with Crippen molar-refractivity contribution in [3.8, 4) is 11.5 Å². The number of nitrogens with zero attached hydrogens (tertiary/aromatic N) is 5. The van der Waals surface area contributed by atoms with Gasteiger partial charge in [0.25, 0.3) is 0 Å². The van der Waals surface area contributed by atoms with Crippen molar-refractivity contribution >= 4 is 76.7 Å². The molecule has 0 fully saturated rings. The summed E-state index contributed by atoms with van der Waals surface area (Å²) in [5.41, 5.74) is 9.14. The van der Waals surface area contributed by atoms with Crippen LogP contribution in [0.3, 0.4) is 0 Å². The van der Waals surface area contributed by atoms with Crippen LogP contribution < -0.4 is 4.74 Å². The predicted molar refractivity (Wildman–Crippen MR) is 190 cm³/mol. The summed E-state index contributed by atoms with van der Waals surface area (Å²) in [5, 5.41) is 6.11. The standard InChI is InChI=1S/C41H27N5O.Pd/c1-41(2,3)24-12-17-35-29(20-24)27-15-13-25(21-30(27)39-43-33-8-4-6-10-37(33)45(35)39)47-26-14-16-28-31(22-26)40-44-34-9-5-7-11-38(34)46(40)36-18-19-42-23-32(28)36;/h4-20,23H,1-3H3;/q-2;+2. The molecule has 0 bridgehead atoms. The fraction of sp³-hybridized carbons (Fsp3) is 0.0976. The molecule has 0 saturated carbocycles. The summed E-state index contributed by atoms with van der Waals surface area (Å²) in [6.45, 7) is 6.75. The van der Waals surface area contributed by atoms with E-state index in [4.69, 9.17) is 14.7 Å². The van der Waals surface area contributed by atoms with Crippen molar-refractivity contribution in [2.24, 2.45) is 0 Å². The molecule has 0 radical (unpaired) electrons. The van der Waals surface area contributed by atoms with Gasteiger partial charge >= 0.3 is 20.4 Å². The Hall–Kier alpha value is -5.35. The molecule has 10 rings (SSSR count). The monoisotopic (exact) mass is 711 g/mol. The largest absolute Gasteiger partial charge is 2.00 e. The van der Waals surface area contributed by atoms with Crippen LogP contribution in [0.2, 0.25) is 0 Å². The number of benzene rings is 5. The number of ether oxygens (including phenoxy) is 1. The van der Waals surface area contributed by atoms with Gasteiger partial charge < -0.3 is 13.5 Å². The zero-order valence-corrected chi connectivity index (χ0v) is 27.9. The molecule has 10 aromatic rings. The van der Waals surface area contributed by atoms with Gasteiger partial charge in [-0.1, -0.05) is 103 Å². The van der Waals surface area contributed by atoms with E-state index in [-0.39, 0.29) is 25.8 Å². The van der Waals surface area contributed by atoms with Gasteiger partial charge in [0.15, 0.2) is 0 Å². The van der Waals surface area contributed by atoms with Crippen molar-refractivity contribution in [2.45, 2.75) is 26.2 Å². The molecule has 0 amide bonds. The summed E-state index contributed by atoms with van der Waals surface area (Å²) in [7, 11) is 0. The van der Waals surface area contributed by atoms with Crippen LogP contribution in [0.15, 0.2) is 109 Å². The molecule has 0 atom stereocenters. The summed E-state index contributed by atoms with van der Waals surface area (Å²) >= 11 is 0. The Kier molecular flexibility index (Phi) is 6.20. The van der Waals surface area contributed by atoms with E-state index < -0.39 is 0 Å². The molecular formula is C41H27N5OPd. The molecule has 5 aromatic heterocycles. The van der Waals surface area contributed by atoms with Crippen LogP contribution in [0.4, 0.5) is 0 Å². The number of rotatable bonds is 2. The quantitative estimate of drug-likeness (QED) is 0.102. The first-order valence-electron chi connectivity index (χ1n) is 15.8. The minimum absolute atomic E-state index is 0. The Morgan fingerprint density at radius 3 is 1.75 bits per heavy atom. The molecule has 6 nitrogen and oxygen atoms in total. The second kappa shape index (κ2) is 10.3. The molecular weight excluding hydrogens is 685 g/mol. The van der Waals surface area contributed by atoms with E-state index in [1.165, 1.54) is 5.56 Å². The number of imidazole rings is 2. The first-order valence-corrected chi connectivity index (χ1v) is 15.8. The van der Waals surface area contributed by atoms with E-state index in [2.05, 4.69) is 101 Å². The van der Waals surface area contributed by atoms with E-state index in [0.29, 0.717) is 11.5 Å². The SMILES string of the molecule is CC(C)(C)c1ccc2c(c1)c1ccc(Oc3[c-]c4c(cc3)c3cnccc3n3c5ccccc5nc43)[c-]c1c1nc3ccccc3n21.[Pd+2]. The Bertz CT molecular complexity index is 2930. The summed E-state index contributed by atoms with van der Waals surface area (Å²) in [6, 6.07) is 40.6. The second-order valence-electron chi connectivity index (χ2n) is 13.2. The Balaban J connectivity index is 0.00000314. The van der Waals surface area contributed by atoms with Gasteiger partial charge in [0, 0.05) is 34.9 Å². The van der Waals surface area contributed by atoms with Gasteiger partial charge in [0.1, 0.15) is 0 Å². The van der Waals surface area contributed by atoms with Gasteiger partial charge in [-0.05, 0) is 58.1 Å². The summed E-state index contributed by atoms with van der Waals surface area (Å²) in [4.78, 5) is 14.6. The average Bonchev–Trinajstić information content (AvgIpc) is 3.68. The van der Waals surface area contributed by atoms with Crippen LogP contribution in [0.25, 0.3) is 76.7 Å². The minimum atomic E-state index is 0. The number of para-hydroxylation sites is 4. The van der Waals surface area contributed by atoms with Crippen LogP contribution >= 0.6 is 0 Å². The van der Waals surface area contributed by atoms with Crippen LogP contribution in [0, 0.1) is 12.1 Å². The van der Waals surface area contributed by atoms with Crippen LogP contribution in [0.1, 0.15) is 26.3 Å². The molecule has 232 valence electrons. The molecule has 48 heavy (non-hydrogen) atoms. The normalized spacial score (nSPS) is 12.3. The fourth-order valence-electron chi connectivity index (χ4n) is 7.07. The third kappa shape index (κ3) is 4.11.